The summed E-state index contributed by atoms with van der Waals surface area (Å²) in [5.41, 5.74) is 2.12. The SMILES string of the molecule is Cc1nc(Cl)cc(OCc2ccccc2)c1S(=O)(=O)N(C)Cc1ccccc1. The van der Waals surface area contributed by atoms with Gasteiger partial charge in [-0.2, -0.15) is 4.31 Å². The van der Waals surface area contributed by atoms with Crippen LogP contribution in [0.4, 0.5) is 0 Å². The lowest BCUT2D eigenvalue weighted by Crippen LogP contribution is -2.28. The van der Waals surface area contributed by atoms with E-state index < -0.39 is 10.0 Å². The van der Waals surface area contributed by atoms with E-state index in [1.165, 1.54) is 17.4 Å². The first-order valence-corrected chi connectivity index (χ1v) is 10.5. The van der Waals surface area contributed by atoms with E-state index in [-0.39, 0.29) is 28.9 Å². The van der Waals surface area contributed by atoms with Crippen molar-refractivity contribution >= 4 is 21.6 Å². The minimum absolute atomic E-state index is 0.0336. The van der Waals surface area contributed by atoms with Crippen LogP contribution in [0.5, 0.6) is 5.75 Å². The van der Waals surface area contributed by atoms with Gasteiger partial charge in [-0.3, -0.25) is 0 Å². The number of benzene rings is 2. The highest BCUT2D eigenvalue weighted by atomic mass is 35.5. The molecule has 1 aromatic heterocycles. The van der Waals surface area contributed by atoms with Crippen LogP contribution in [0.2, 0.25) is 5.15 Å². The Morgan fingerprint density at radius 1 is 1.00 bits per heavy atom. The van der Waals surface area contributed by atoms with E-state index in [0.717, 1.165) is 11.1 Å². The van der Waals surface area contributed by atoms with Gasteiger partial charge in [-0.05, 0) is 18.1 Å². The van der Waals surface area contributed by atoms with Gasteiger partial charge in [-0.25, -0.2) is 13.4 Å². The molecule has 5 nitrogen and oxygen atoms in total. The third-order valence-electron chi connectivity index (χ3n) is 4.23. The van der Waals surface area contributed by atoms with Crippen molar-refractivity contribution in [2.45, 2.75) is 25.0 Å². The number of aromatic nitrogens is 1. The molecule has 7 heteroatoms. The average Bonchev–Trinajstić information content (AvgIpc) is 2.67. The number of rotatable bonds is 7. The van der Waals surface area contributed by atoms with Crippen molar-refractivity contribution in [3.8, 4) is 5.75 Å². The second-order valence-corrected chi connectivity index (χ2v) is 8.75. The molecule has 0 saturated heterocycles. The van der Waals surface area contributed by atoms with E-state index in [4.69, 9.17) is 16.3 Å². The van der Waals surface area contributed by atoms with Crippen LogP contribution >= 0.6 is 11.6 Å². The summed E-state index contributed by atoms with van der Waals surface area (Å²) in [6.45, 7) is 2.08. The third kappa shape index (κ3) is 4.70. The lowest BCUT2D eigenvalue weighted by molar-refractivity contribution is 0.295. The monoisotopic (exact) mass is 416 g/mol. The van der Waals surface area contributed by atoms with Gasteiger partial charge in [0.2, 0.25) is 10.0 Å². The molecule has 0 unspecified atom stereocenters. The number of halogens is 1. The van der Waals surface area contributed by atoms with Crippen LogP contribution in [-0.2, 0) is 23.2 Å². The summed E-state index contributed by atoms with van der Waals surface area (Å²) in [6, 6.07) is 20.4. The molecule has 1 heterocycles. The zero-order valence-corrected chi connectivity index (χ0v) is 17.2. The molecule has 0 atom stereocenters. The standard InChI is InChI=1S/C21H21ClN2O3S/c1-16-21(28(25,26)24(2)14-17-9-5-3-6-10-17)19(13-20(22)23-16)27-15-18-11-7-4-8-12-18/h3-13H,14-15H2,1-2H3. The van der Waals surface area contributed by atoms with Crippen LogP contribution in [-0.4, -0.2) is 24.8 Å². The Morgan fingerprint density at radius 2 is 1.57 bits per heavy atom. The molecular weight excluding hydrogens is 396 g/mol. The minimum atomic E-state index is -3.83. The Balaban J connectivity index is 1.92. The fourth-order valence-electron chi connectivity index (χ4n) is 2.83. The Labute approximate surface area is 170 Å². The predicted octanol–water partition coefficient (Wildman–Crippen LogP) is 4.44. The van der Waals surface area contributed by atoms with E-state index >= 15 is 0 Å². The van der Waals surface area contributed by atoms with Gasteiger partial charge < -0.3 is 4.74 Å². The molecular formula is C21H21ClN2O3S. The molecule has 0 fully saturated rings. The fraction of sp³-hybridized carbons (Fsp3) is 0.190. The molecule has 0 N–H and O–H groups in total. The highest BCUT2D eigenvalue weighted by Crippen LogP contribution is 2.32. The average molecular weight is 417 g/mol. The number of aryl methyl sites for hydroxylation is 1. The van der Waals surface area contributed by atoms with Crippen molar-refractivity contribution in [1.29, 1.82) is 0 Å². The molecule has 0 saturated carbocycles. The molecule has 28 heavy (non-hydrogen) atoms. The number of sulfonamides is 1. The molecule has 3 rings (SSSR count). The van der Waals surface area contributed by atoms with Crippen molar-refractivity contribution in [1.82, 2.24) is 9.29 Å². The second-order valence-electron chi connectivity index (χ2n) is 6.38. The number of nitrogens with zero attached hydrogens (tertiary/aromatic N) is 2. The molecule has 0 aliphatic rings. The maximum Gasteiger partial charge on any atom is 0.248 e. The Hall–Kier alpha value is -2.41. The smallest absolute Gasteiger partial charge is 0.248 e. The Bertz CT molecular complexity index is 1040. The maximum atomic E-state index is 13.3. The zero-order valence-electron chi connectivity index (χ0n) is 15.7. The molecule has 3 aromatic rings. The van der Waals surface area contributed by atoms with Crippen molar-refractivity contribution in [2.75, 3.05) is 7.05 Å². The van der Waals surface area contributed by atoms with Crippen LogP contribution in [0.3, 0.4) is 0 Å². The minimum Gasteiger partial charge on any atom is -0.487 e. The first kappa shape index (κ1) is 20.3. The quantitative estimate of drug-likeness (QED) is 0.534. The van der Waals surface area contributed by atoms with Crippen LogP contribution in [0.25, 0.3) is 0 Å². The van der Waals surface area contributed by atoms with Crippen molar-refractivity contribution in [3.63, 3.8) is 0 Å². The topological polar surface area (TPSA) is 59.5 Å². The first-order valence-electron chi connectivity index (χ1n) is 8.72. The van der Waals surface area contributed by atoms with E-state index in [0.29, 0.717) is 5.69 Å². The summed E-state index contributed by atoms with van der Waals surface area (Å²) in [6.07, 6.45) is 0. The lowest BCUT2D eigenvalue weighted by atomic mass is 10.2. The van der Waals surface area contributed by atoms with Gasteiger partial charge in [0.05, 0.1) is 5.69 Å². The van der Waals surface area contributed by atoms with E-state index in [1.54, 1.807) is 6.92 Å². The van der Waals surface area contributed by atoms with Gasteiger partial charge in [-0.1, -0.05) is 72.3 Å². The van der Waals surface area contributed by atoms with Gasteiger partial charge in [0, 0.05) is 19.7 Å². The van der Waals surface area contributed by atoms with E-state index in [9.17, 15) is 8.42 Å². The predicted molar refractivity (Wildman–Crippen MR) is 110 cm³/mol. The van der Waals surface area contributed by atoms with E-state index in [2.05, 4.69) is 4.98 Å². The molecule has 0 aliphatic heterocycles. The normalized spacial score (nSPS) is 11.6. The number of hydrogen-bond donors (Lipinski definition) is 0. The highest BCUT2D eigenvalue weighted by molar-refractivity contribution is 7.89. The Morgan fingerprint density at radius 3 is 2.18 bits per heavy atom. The van der Waals surface area contributed by atoms with Gasteiger partial charge in [-0.15, -0.1) is 0 Å². The van der Waals surface area contributed by atoms with E-state index in [1.807, 2.05) is 60.7 Å². The molecule has 0 aliphatic carbocycles. The van der Waals surface area contributed by atoms with Gasteiger partial charge >= 0.3 is 0 Å². The molecule has 146 valence electrons. The van der Waals surface area contributed by atoms with Crippen LogP contribution in [0.1, 0.15) is 16.8 Å². The maximum absolute atomic E-state index is 13.3. The molecule has 0 spiro atoms. The largest absolute Gasteiger partial charge is 0.487 e. The molecule has 2 aromatic carbocycles. The Kier molecular flexibility index (Phi) is 6.34. The summed E-state index contributed by atoms with van der Waals surface area (Å²) in [4.78, 5) is 4.16. The third-order valence-corrected chi connectivity index (χ3v) is 6.39. The fourth-order valence-corrected chi connectivity index (χ4v) is 4.48. The summed E-state index contributed by atoms with van der Waals surface area (Å²) in [5, 5.41) is 0.185. The summed E-state index contributed by atoms with van der Waals surface area (Å²) >= 11 is 6.06. The number of hydrogen-bond acceptors (Lipinski definition) is 4. The van der Waals surface area contributed by atoms with Crippen molar-refractivity contribution in [3.05, 3.63) is 88.7 Å². The van der Waals surface area contributed by atoms with Gasteiger partial charge in [0.25, 0.3) is 0 Å². The van der Waals surface area contributed by atoms with Crippen LogP contribution in [0.15, 0.2) is 71.6 Å². The van der Waals surface area contributed by atoms with Crippen molar-refractivity contribution < 1.29 is 13.2 Å². The summed E-state index contributed by atoms with van der Waals surface area (Å²) < 4.78 is 33.7. The number of ether oxygens (including phenoxy) is 1. The van der Waals surface area contributed by atoms with Crippen LogP contribution in [0, 0.1) is 6.92 Å². The highest BCUT2D eigenvalue weighted by Gasteiger charge is 2.28. The van der Waals surface area contributed by atoms with Crippen molar-refractivity contribution in [2.24, 2.45) is 0 Å². The summed E-state index contributed by atoms with van der Waals surface area (Å²) in [5.74, 6) is 0.196. The van der Waals surface area contributed by atoms with Gasteiger partial charge in [0.15, 0.2) is 0 Å². The number of pyridine rings is 1. The van der Waals surface area contributed by atoms with Gasteiger partial charge in [0.1, 0.15) is 22.4 Å². The van der Waals surface area contributed by atoms with Crippen LogP contribution < -0.4 is 4.74 Å². The molecule has 0 bridgehead atoms. The lowest BCUT2D eigenvalue weighted by Gasteiger charge is -2.21. The summed E-state index contributed by atoms with van der Waals surface area (Å²) in [7, 11) is -2.29. The molecule has 0 radical (unpaired) electrons. The molecule has 0 amide bonds. The first-order chi connectivity index (χ1) is 13.4. The zero-order chi connectivity index (χ0) is 20.1. The second kappa shape index (κ2) is 8.73.